The highest BCUT2D eigenvalue weighted by molar-refractivity contribution is 5.89. The summed E-state index contributed by atoms with van der Waals surface area (Å²) in [6.07, 6.45) is -1.78. The van der Waals surface area contributed by atoms with Crippen LogP contribution in [0.1, 0.15) is 110 Å². The predicted octanol–water partition coefficient (Wildman–Crippen LogP) is -0.834. The molecule has 0 aromatic rings. The quantitative estimate of drug-likeness (QED) is 0.0545. The van der Waals surface area contributed by atoms with Crippen LogP contribution in [0.5, 0.6) is 0 Å². The van der Waals surface area contributed by atoms with Crippen molar-refractivity contribution in [2.75, 3.05) is 19.8 Å². The van der Waals surface area contributed by atoms with Gasteiger partial charge in [-0.3, -0.25) is 4.79 Å². The molecule has 2 heterocycles. The molecule has 11 atom stereocenters. The first-order chi connectivity index (χ1) is 23.4. The Morgan fingerprint density at radius 3 is 1.69 bits per heavy atom. The maximum Gasteiger partial charge on any atom is 0.335 e. The van der Waals surface area contributed by atoms with E-state index in [1.165, 1.54) is 57.8 Å². The molecule has 0 spiro atoms. The maximum absolute atomic E-state index is 13.0. The van der Waals surface area contributed by atoms with Crippen LogP contribution in [-0.2, 0) is 23.8 Å². The van der Waals surface area contributed by atoms with E-state index in [1.807, 2.05) is 0 Å². The van der Waals surface area contributed by atoms with E-state index in [1.54, 1.807) is 0 Å². The normalized spacial score (nSPS) is 33.2. The minimum absolute atomic E-state index is 0.167. The van der Waals surface area contributed by atoms with Crippen LogP contribution < -0.4 is 5.32 Å². The van der Waals surface area contributed by atoms with E-state index < -0.39 is 98.1 Å². The average molecular weight is 712 g/mol. The van der Waals surface area contributed by atoms with Crippen molar-refractivity contribution in [3.63, 3.8) is 0 Å². The molecule has 2 aliphatic heterocycles. The summed E-state index contributed by atoms with van der Waals surface area (Å²) in [4.78, 5) is 25.7. The molecule has 0 aliphatic carbocycles. The smallest absolute Gasteiger partial charge is 0.335 e. The second-order valence-corrected chi connectivity index (χ2v) is 13.4. The highest BCUT2D eigenvalue weighted by Gasteiger charge is 2.69. The molecular formula is C33H61NO15. The SMILES string of the molecule is CCCCCCCCCCCCCCCCCC(=O)NC(CO)(C(=O)O)[C@]1(CO)O[C@H](O[C@H]2[C@H](O)[C@@H](O)[C@H](O)O[C@@H]2CO)[C@H](O)[C@@H](O)[C@H]1O. The molecule has 2 saturated heterocycles. The highest BCUT2D eigenvalue weighted by atomic mass is 16.7. The molecule has 2 rings (SSSR count). The zero-order valence-electron chi connectivity index (χ0n) is 28.6. The molecule has 2 fully saturated rings. The fourth-order valence-corrected chi connectivity index (χ4v) is 6.63. The van der Waals surface area contributed by atoms with Gasteiger partial charge in [-0.15, -0.1) is 0 Å². The summed E-state index contributed by atoms with van der Waals surface area (Å²) in [6, 6.07) is 0. The van der Waals surface area contributed by atoms with Gasteiger partial charge in [-0.1, -0.05) is 96.8 Å². The van der Waals surface area contributed by atoms with Crippen molar-refractivity contribution in [2.24, 2.45) is 0 Å². The number of carboxylic acid groups (broad SMARTS) is 1. The summed E-state index contributed by atoms with van der Waals surface area (Å²) in [5.74, 6) is -2.82. The number of carbonyl (C=O) groups is 2. The first-order valence-electron chi connectivity index (χ1n) is 17.8. The van der Waals surface area contributed by atoms with E-state index in [4.69, 9.17) is 14.2 Å². The number of aliphatic carboxylic acids is 1. The number of nitrogens with one attached hydrogen (secondary N) is 1. The number of hydrogen-bond acceptors (Lipinski definition) is 14. The van der Waals surface area contributed by atoms with Crippen LogP contribution in [0.3, 0.4) is 0 Å². The first kappa shape index (κ1) is 43.6. The Balaban J connectivity index is 1.98. The third-order valence-electron chi connectivity index (χ3n) is 9.81. The highest BCUT2D eigenvalue weighted by Crippen LogP contribution is 2.40. The molecule has 0 radical (unpaired) electrons. The lowest BCUT2D eigenvalue weighted by Gasteiger charge is -2.55. The van der Waals surface area contributed by atoms with Gasteiger partial charge in [0.25, 0.3) is 0 Å². The van der Waals surface area contributed by atoms with Gasteiger partial charge in [-0.2, -0.15) is 0 Å². The van der Waals surface area contributed by atoms with Crippen LogP contribution in [0.15, 0.2) is 0 Å². The summed E-state index contributed by atoms with van der Waals surface area (Å²) in [5, 5.41) is 106. The fraction of sp³-hybridized carbons (Fsp3) is 0.939. The molecule has 1 amide bonds. The van der Waals surface area contributed by atoms with Crippen LogP contribution in [-0.4, -0.2) is 149 Å². The van der Waals surface area contributed by atoms with Gasteiger partial charge in [0.15, 0.2) is 23.7 Å². The molecule has 1 unspecified atom stereocenters. The summed E-state index contributed by atoms with van der Waals surface area (Å²) in [7, 11) is 0. The average Bonchev–Trinajstić information content (AvgIpc) is 3.09. The van der Waals surface area contributed by atoms with Crippen LogP contribution in [0.2, 0.25) is 0 Å². The Bertz CT molecular complexity index is 959. The van der Waals surface area contributed by atoms with E-state index in [2.05, 4.69) is 12.2 Å². The number of aliphatic hydroxyl groups excluding tert-OH is 9. The third kappa shape index (κ3) is 11.2. The number of ether oxygens (including phenoxy) is 3. The minimum atomic E-state index is -2.98. The molecule has 288 valence electrons. The number of unbranched alkanes of at least 4 members (excludes halogenated alkanes) is 14. The second kappa shape index (κ2) is 21.7. The molecule has 16 heteroatoms. The summed E-state index contributed by atoms with van der Waals surface area (Å²) < 4.78 is 16.1. The molecule has 49 heavy (non-hydrogen) atoms. The van der Waals surface area contributed by atoms with Gasteiger partial charge in [0, 0.05) is 6.42 Å². The van der Waals surface area contributed by atoms with Gasteiger partial charge in [-0.05, 0) is 6.42 Å². The van der Waals surface area contributed by atoms with E-state index in [-0.39, 0.29) is 6.42 Å². The molecule has 16 nitrogen and oxygen atoms in total. The van der Waals surface area contributed by atoms with Crippen LogP contribution in [0, 0.1) is 0 Å². The summed E-state index contributed by atoms with van der Waals surface area (Å²) in [5.41, 5.74) is -5.92. The first-order valence-corrected chi connectivity index (χ1v) is 17.8. The van der Waals surface area contributed by atoms with Gasteiger partial charge >= 0.3 is 5.97 Å². The molecule has 0 aromatic heterocycles. The number of amides is 1. The minimum Gasteiger partial charge on any atom is -0.479 e. The van der Waals surface area contributed by atoms with E-state index in [0.717, 1.165) is 25.7 Å². The maximum atomic E-state index is 13.0. The Hall–Kier alpha value is -1.54. The van der Waals surface area contributed by atoms with Crippen molar-refractivity contribution in [1.29, 1.82) is 0 Å². The number of hydrogen-bond donors (Lipinski definition) is 11. The van der Waals surface area contributed by atoms with Crippen molar-refractivity contribution in [2.45, 2.75) is 176 Å². The van der Waals surface area contributed by atoms with Crippen LogP contribution in [0.4, 0.5) is 0 Å². The zero-order chi connectivity index (χ0) is 36.6. The topological polar surface area (TPSA) is 276 Å². The molecule has 0 saturated carbocycles. The lowest BCUT2D eigenvalue weighted by Crippen LogP contribution is -2.82. The lowest BCUT2D eigenvalue weighted by molar-refractivity contribution is -0.384. The van der Waals surface area contributed by atoms with Gasteiger partial charge in [0.05, 0.1) is 19.8 Å². The molecular weight excluding hydrogens is 650 g/mol. The van der Waals surface area contributed by atoms with Crippen molar-refractivity contribution in [3.05, 3.63) is 0 Å². The molecule has 0 aromatic carbocycles. The number of carboxylic acids is 1. The van der Waals surface area contributed by atoms with Gasteiger partial charge in [-0.25, -0.2) is 4.79 Å². The Morgan fingerprint density at radius 1 is 0.735 bits per heavy atom. The lowest BCUT2D eigenvalue weighted by atomic mass is 9.71. The van der Waals surface area contributed by atoms with Crippen molar-refractivity contribution >= 4 is 11.9 Å². The number of aliphatic hydroxyl groups is 9. The van der Waals surface area contributed by atoms with Gasteiger partial charge in [0.1, 0.15) is 42.7 Å². The Morgan fingerprint density at radius 2 is 1.24 bits per heavy atom. The van der Waals surface area contributed by atoms with E-state index >= 15 is 0 Å². The summed E-state index contributed by atoms with van der Waals surface area (Å²) in [6.45, 7) is -1.54. The van der Waals surface area contributed by atoms with Gasteiger partial charge < -0.3 is 70.6 Å². The fourth-order valence-electron chi connectivity index (χ4n) is 6.63. The van der Waals surface area contributed by atoms with Crippen LogP contribution >= 0.6 is 0 Å². The third-order valence-corrected chi connectivity index (χ3v) is 9.81. The standard InChI is InChI=1S/C33H61NO15/c1-2-3-4-5-6-7-8-9-10-11-12-13-14-15-16-17-22(38)34-32(19-36,31(45)46)33(20-37)28(43)24(40)26(42)30(49-33)48-27-21(18-35)47-29(44)25(41)23(27)39/h21,23-30,35-37,39-44H,2-20H2,1H3,(H,34,38)(H,45,46)/t21-,23-,24-,25-,26-,27-,28-,29-,30+,32?,33-/m1/s1. The second-order valence-electron chi connectivity index (χ2n) is 13.4. The van der Waals surface area contributed by atoms with E-state index in [0.29, 0.717) is 12.8 Å². The molecule has 2 aliphatic rings. The van der Waals surface area contributed by atoms with Crippen molar-refractivity contribution in [1.82, 2.24) is 5.32 Å². The zero-order valence-corrected chi connectivity index (χ0v) is 28.6. The Labute approximate surface area is 288 Å². The summed E-state index contributed by atoms with van der Waals surface area (Å²) >= 11 is 0. The van der Waals surface area contributed by atoms with Crippen LogP contribution in [0.25, 0.3) is 0 Å². The number of rotatable bonds is 24. The van der Waals surface area contributed by atoms with Gasteiger partial charge in [0.2, 0.25) is 5.91 Å². The van der Waals surface area contributed by atoms with Crippen molar-refractivity contribution in [3.8, 4) is 0 Å². The molecule has 0 bridgehead atoms. The van der Waals surface area contributed by atoms with Crippen molar-refractivity contribution < 1.29 is 74.9 Å². The number of carbonyl (C=O) groups excluding carboxylic acids is 1. The monoisotopic (exact) mass is 711 g/mol. The molecule has 11 N–H and O–H groups in total. The largest absolute Gasteiger partial charge is 0.479 e. The Kier molecular flexibility index (Phi) is 19.4. The predicted molar refractivity (Wildman–Crippen MR) is 173 cm³/mol. The van der Waals surface area contributed by atoms with E-state index in [9.17, 15) is 60.7 Å².